The number of aromatic nitrogens is 2. The zero-order chi connectivity index (χ0) is 12.8. The average Bonchev–Trinajstić information content (AvgIpc) is 2.29. The molecule has 5 nitrogen and oxygen atoms in total. The summed E-state index contributed by atoms with van der Waals surface area (Å²) >= 11 is 5.68. The predicted molar refractivity (Wildman–Crippen MR) is 66.1 cm³/mol. The predicted octanol–water partition coefficient (Wildman–Crippen LogP) is 0.761. The largest absolute Gasteiger partial charge is 0.351 e. The van der Waals surface area contributed by atoms with Crippen LogP contribution >= 0.6 is 11.6 Å². The Morgan fingerprint density at radius 1 is 1.71 bits per heavy atom. The van der Waals surface area contributed by atoms with Crippen molar-refractivity contribution in [2.24, 2.45) is 0 Å². The van der Waals surface area contributed by atoms with Gasteiger partial charge in [-0.3, -0.25) is 14.2 Å². The molecule has 0 bridgehead atoms. The lowest BCUT2D eigenvalue weighted by atomic mass is 10.4. The van der Waals surface area contributed by atoms with Crippen LogP contribution in [0, 0.1) is 0 Å². The number of carbonyl (C=O) groups excluding carboxylic acids is 1. The van der Waals surface area contributed by atoms with Gasteiger partial charge in [-0.15, -0.1) is 6.58 Å². The van der Waals surface area contributed by atoms with Gasteiger partial charge < -0.3 is 5.32 Å². The van der Waals surface area contributed by atoms with Crippen LogP contribution in [0.25, 0.3) is 0 Å². The summed E-state index contributed by atoms with van der Waals surface area (Å²) in [5.74, 6) is 0.238. The Labute approximate surface area is 104 Å². The van der Waals surface area contributed by atoms with Crippen molar-refractivity contribution in [2.75, 3.05) is 6.54 Å². The number of amides is 1. The van der Waals surface area contributed by atoms with Crippen molar-refractivity contribution in [1.29, 1.82) is 0 Å². The fraction of sp³-hybridized carbons (Fsp3) is 0.364. The third-order valence-corrected chi connectivity index (χ3v) is 2.31. The van der Waals surface area contributed by atoms with E-state index >= 15 is 0 Å². The number of halogens is 1. The summed E-state index contributed by atoms with van der Waals surface area (Å²) in [6.45, 7) is 5.65. The number of carbonyl (C=O) groups is 1. The van der Waals surface area contributed by atoms with Crippen LogP contribution in [0.3, 0.4) is 0 Å². The molecular formula is C11H14ClN3O2. The zero-order valence-corrected chi connectivity index (χ0v) is 10.3. The monoisotopic (exact) mass is 255 g/mol. The van der Waals surface area contributed by atoms with Crippen LogP contribution in [-0.2, 0) is 17.8 Å². The van der Waals surface area contributed by atoms with Crippen LogP contribution < -0.4 is 10.9 Å². The van der Waals surface area contributed by atoms with Crippen molar-refractivity contribution in [2.45, 2.75) is 19.9 Å². The van der Waals surface area contributed by atoms with Crippen molar-refractivity contribution in [3.63, 3.8) is 0 Å². The van der Waals surface area contributed by atoms with Crippen LogP contribution in [0.5, 0.6) is 0 Å². The normalized spacial score (nSPS) is 10.0. The summed E-state index contributed by atoms with van der Waals surface area (Å²) in [6.07, 6.45) is 2.10. The molecule has 0 saturated heterocycles. The van der Waals surface area contributed by atoms with E-state index in [0.717, 1.165) is 0 Å². The number of aryl methyl sites for hydroxylation is 1. The Morgan fingerprint density at radius 3 is 3.00 bits per heavy atom. The molecule has 1 heterocycles. The molecule has 92 valence electrons. The second-order valence-electron chi connectivity index (χ2n) is 3.37. The van der Waals surface area contributed by atoms with Crippen molar-refractivity contribution in [3.8, 4) is 0 Å². The van der Waals surface area contributed by atoms with Gasteiger partial charge in [0.2, 0.25) is 5.91 Å². The molecule has 1 aromatic heterocycles. The first-order chi connectivity index (χ1) is 8.08. The van der Waals surface area contributed by atoms with Gasteiger partial charge >= 0.3 is 0 Å². The highest BCUT2D eigenvalue weighted by atomic mass is 35.5. The molecule has 0 aromatic carbocycles. The van der Waals surface area contributed by atoms with Crippen molar-refractivity contribution in [3.05, 3.63) is 40.1 Å². The molecule has 17 heavy (non-hydrogen) atoms. The maximum absolute atomic E-state index is 11.7. The molecule has 1 rings (SSSR count). The van der Waals surface area contributed by atoms with E-state index in [2.05, 4.69) is 16.9 Å². The highest BCUT2D eigenvalue weighted by molar-refractivity contribution is 6.29. The zero-order valence-electron chi connectivity index (χ0n) is 9.57. The number of rotatable bonds is 5. The summed E-state index contributed by atoms with van der Waals surface area (Å²) in [4.78, 5) is 27.2. The summed E-state index contributed by atoms with van der Waals surface area (Å²) in [7, 11) is 0. The molecule has 1 N–H and O–H groups in total. The van der Waals surface area contributed by atoms with Gasteiger partial charge in [-0.05, 0) is 0 Å². The van der Waals surface area contributed by atoms with E-state index in [1.165, 1.54) is 10.6 Å². The summed E-state index contributed by atoms with van der Waals surface area (Å²) in [5, 5.41) is 2.74. The number of hydrogen-bond acceptors (Lipinski definition) is 3. The van der Waals surface area contributed by atoms with Gasteiger partial charge in [0.15, 0.2) is 0 Å². The molecule has 6 heteroatoms. The molecule has 0 fully saturated rings. The minimum atomic E-state index is -0.324. The molecule has 0 unspecified atom stereocenters. The third-order valence-electron chi connectivity index (χ3n) is 2.12. The fourth-order valence-electron chi connectivity index (χ4n) is 1.35. The Kier molecular flexibility index (Phi) is 4.90. The van der Waals surface area contributed by atoms with Crippen molar-refractivity contribution in [1.82, 2.24) is 14.9 Å². The molecule has 0 aliphatic heterocycles. The summed E-state index contributed by atoms with van der Waals surface area (Å²) in [5.41, 5.74) is -0.324. The summed E-state index contributed by atoms with van der Waals surface area (Å²) < 4.78 is 1.31. The van der Waals surface area contributed by atoms with E-state index in [1.807, 2.05) is 6.92 Å². The van der Waals surface area contributed by atoms with Gasteiger partial charge in [0.25, 0.3) is 5.56 Å². The van der Waals surface area contributed by atoms with E-state index in [4.69, 9.17) is 11.6 Å². The average molecular weight is 256 g/mol. The van der Waals surface area contributed by atoms with Crippen LogP contribution in [0.1, 0.15) is 12.7 Å². The highest BCUT2D eigenvalue weighted by Gasteiger charge is 2.09. The van der Waals surface area contributed by atoms with Gasteiger partial charge in [0.1, 0.15) is 17.5 Å². The first-order valence-electron chi connectivity index (χ1n) is 5.22. The van der Waals surface area contributed by atoms with Crippen LogP contribution in [0.4, 0.5) is 0 Å². The number of nitrogens with zero attached hydrogens (tertiary/aromatic N) is 2. The van der Waals surface area contributed by atoms with Gasteiger partial charge in [-0.1, -0.05) is 24.6 Å². The molecule has 0 aliphatic carbocycles. The standard InChI is InChI=1S/C11H14ClN3O2/c1-3-5-13-10(16)7-15-9(4-2)14-8(12)6-11(15)17/h3,6H,1,4-5,7H2,2H3,(H,13,16). The molecule has 0 radical (unpaired) electrons. The van der Waals surface area contributed by atoms with E-state index < -0.39 is 0 Å². The maximum atomic E-state index is 11.7. The van der Waals surface area contributed by atoms with Gasteiger partial charge in [-0.2, -0.15) is 0 Å². The van der Waals surface area contributed by atoms with Crippen LogP contribution in [0.2, 0.25) is 5.15 Å². The maximum Gasteiger partial charge on any atom is 0.255 e. The number of nitrogens with one attached hydrogen (secondary N) is 1. The van der Waals surface area contributed by atoms with Gasteiger partial charge in [0.05, 0.1) is 0 Å². The summed E-state index contributed by atoms with van der Waals surface area (Å²) in [6, 6.07) is 1.20. The first-order valence-corrected chi connectivity index (χ1v) is 5.60. The Morgan fingerprint density at radius 2 is 2.41 bits per heavy atom. The lowest BCUT2D eigenvalue weighted by molar-refractivity contribution is -0.121. The molecule has 0 atom stereocenters. The molecule has 1 amide bonds. The smallest absolute Gasteiger partial charge is 0.255 e. The SMILES string of the molecule is C=CCNC(=O)Cn1c(CC)nc(Cl)cc1=O. The topological polar surface area (TPSA) is 64.0 Å². The van der Waals surface area contributed by atoms with Crippen LogP contribution in [-0.4, -0.2) is 22.0 Å². The second kappa shape index (κ2) is 6.20. The third kappa shape index (κ3) is 3.71. The lowest BCUT2D eigenvalue weighted by Crippen LogP contribution is -2.34. The van der Waals surface area contributed by atoms with Gasteiger partial charge in [-0.25, -0.2) is 4.98 Å². The van der Waals surface area contributed by atoms with E-state index in [0.29, 0.717) is 18.8 Å². The molecular weight excluding hydrogens is 242 g/mol. The van der Waals surface area contributed by atoms with Crippen molar-refractivity contribution >= 4 is 17.5 Å². The van der Waals surface area contributed by atoms with E-state index in [1.54, 1.807) is 6.08 Å². The lowest BCUT2D eigenvalue weighted by Gasteiger charge is -2.10. The Hall–Kier alpha value is -1.62. The van der Waals surface area contributed by atoms with Crippen molar-refractivity contribution < 1.29 is 4.79 Å². The Bertz CT molecular complexity index is 482. The van der Waals surface area contributed by atoms with Crippen LogP contribution in [0.15, 0.2) is 23.5 Å². The minimum Gasteiger partial charge on any atom is -0.351 e. The van der Waals surface area contributed by atoms with E-state index in [-0.39, 0.29) is 23.2 Å². The molecule has 0 spiro atoms. The second-order valence-corrected chi connectivity index (χ2v) is 3.75. The quantitative estimate of drug-likeness (QED) is 0.624. The van der Waals surface area contributed by atoms with Gasteiger partial charge in [0, 0.05) is 19.0 Å². The molecule has 0 saturated carbocycles. The van der Waals surface area contributed by atoms with E-state index in [9.17, 15) is 9.59 Å². The number of hydrogen-bond donors (Lipinski definition) is 1. The first kappa shape index (κ1) is 13.4. The minimum absolute atomic E-state index is 0.0555. The fourth-order valence-corrected chi connectivity index (χ4v) is 1.54. The molecule has 1 aromatic rings. The Balaban J connectivity index is 2.93. The highest BCUT2D eigenvalue weighted by Crippen LogP contribution is 2.02. The molecule has 0 aliphatic rings.